The maximum Gasteiger partial charge on any atom is 0.0698 e. The van der Waals surface area contributed by atoms with Crippen molar-refractivity contribution in [2.24, 2.45) is 5.92 Å². The molecule has 16 heavy (non-hydrogen) atoms. The van der Waals surface area contributed by atoms with Gasteiger partial charge in [-0.2, -0.15) is 0 Å². The largest absolute Gasteiger partial charge is 0.380 e. The lowest BCUT2D eigenvalue weighted by atomic mass is 9.97. The van der Waals surface area contributed by atoms with Gasteiger partial charge in [-0.25, -0.2) is 0 Å². The number of rotatable bonds is 6. The topological polar surface area (TPSA) is 24.5 Å². The van der Waals surface area contributed by atoms with Crippen molar-refractivity contribution in [3.8, 4) is 0 Å². The van der Waals surface area contributed by atoms with Crippen LogP contribution in [0.1, 0.15) is 33.1 Å². The van der Waals surface area contributed by atoms with Crippen LogP contribution in [-0.4, -0.2) is 50.8 Å². The predicted octanol–water partition coefficient (Wildman–Crippen LogP) is 1.73. The molecule has 0 amide bonds. The molecule has 0 aromatic carbocycles. The summed E-state index contributed by atoms with van der Waals surface area (Å²) in [4.78, 5) is 2.55. The Kier molecular flexibility index (Phi) is 6.32. The highest BCUT2D eigenvalue weighted by Gasteiger charge is 2.23. The summed E-state index contributed by atoms with van der Waals surface area (Å²) in [5, 5.41) is 3.45. The molecular weight excluding hydrogens is 200 g/mol. The molecule has 0 aliphatic carbocycles. The van der Waals surface area contributed by atoms with Crippen LogP contribution < -0.4 is 5.32 Å². The van der Waals surface area contributed by atoms with Gasteiger partial charge in [-0.1, -0.05) is 20.3 Å². The van der Waals surface area contributed by atoms with E-state index < -0.39 is 0 Å². The van der Waals surface area contributed by atoms with E-state index in [2.05, 4.69) is 31.1 Å². The average Bonchev–Trinajstić information content (AvgIpc) is 2.35. The SMILES string of the molecule is CCC(C)C(CN1CCCC(OC)C1)NC. The van der Waals surface area contributed by atoms with Crippen LogP contribution in [0.5, 0.6) is 0 Å². The van der Waals surface area contributed by atoms with E-state index >= 15 is 0 Å². The van der Waals surface area contributed by atoms with Crippen LogP contribution in [0.15, 0.2) is 0 Å². The number of nitrogens with one attached hydrogen (secondary N) is 1. The van der Waals surface area contributed by atoms with Crippen LogP contribution in [0, 0.1) is 5.92 Å². The average molecular weight is 228 g/mol. The van der Waals surface area contributed by atoms with Crippen LogP contribution in [0.2, 0.25) is 0 Å². The fourth-order valence-corrected chi connectivity index (χ4v) is 2.49. The quantitative estimate of drug-likeness (QED) is 0.749. The van der Waals surface area contributed by atoms with Crippen molar-refractivity contribution in [2.75, 3.05) is 33.8 Å². The molecule has 0 radical (unpaired) electrons. The highest BCUT2D eigenvalue weighted by Crippen LogP contribution is 2.15. The van der Waals surface area contributed by atoms with Crippen molar-refractivity contribution in [3.63, 3.8) is 0 Å². The molecule has 1 fully saturated rings. The summed E-state index contributed by atoms with van der Waals surface area (Å²) in [6.45, 7) is 8.09. The van der Waals surface area contributed by atoms with Gasteiger partial charge in [0.2, 0.25) is 0 Å². The first kappa shape index (κ1) is 13.9. The van der Waals surface area contributed by atoms with Crippen molar-refractivity contribution < 1.29 is 4.74 Å². The lowest BCUT2D eigenvalue weighted by Gasteiger charge is -2.35. The zero-order valence-electron chi connectivity index (χ0n) is 11.3. The Balaban J connectivity index is 2.38. The minimum absolute atomic E-state index is 0.447. The Bertz CT molecular complexity index is 187. The van der Waals surface area contributed by atoms with Gasteiger partial charge in [-0.3, -0.25) is 4.90 Å². The summed E-state index contributed by atoms with van der Waals surface area (Å²) in [6, 6.07) is 0.612. The van der Waals surface area contributed by atoms with Gasteiger partial charge in [-0.15, -0.1) is 0 Å². The molecule has 1 N–H and O–H groups in total. The Morgan fingerprint density at radius 3 is 2.81 bits per heavy atom. The second kappa shape index (κ2) is 7.25. The molecule has 0 aromatic rings. The molecule has 0 saturated carbocycles. The second-order valence-corrected chi connectivity index (χ2v) is 5.04. The van der Waals surface area contributed by atoms with Gasteiger partial charge in [0.15, 0.2) is 0 Å². The Morgan fingerprint density at radius 2 is 2.25 bits per heavy atom. The number of nitrogens with zero attached hydrogens (tertiary/aromatic N) is 1. The molecule has 96 valence electrons. The molecule has 0 spiro atoms. The van der Waals surface area contributed by atoms with Crippen molar-refractivity contribution >= 4 is 0 Å². The minimum atomic E-state index is 0.447. The van der Waals surface area contributed by atoms with Gasteiger partial charge in [0.25, 0.3) is 0 Å². The van der Waals surface area contributed by atoms with Gasteiger partial charge < -0.3 is 10.1 Å². The second-order valence-electron chi connectivity index (χ2n) is 5.04. The molecule has 0 aromatic heterocycles. The predicted molar refractivity (Wildman–Crippen MR) is 68.8 cm³/mol. The first-order valence-electron chi connectivity index (χ1n) is 6.63. The number of likely N-dealkylation sites (N-methyl/N-ethyl adjacent to an activating group) is 1. The molecular formula is C13H28N2O. The third kappa shape index (κ3) is 4.04. The van der Waals surface area contributed by atoms with Gasteiger partial charge in [0.05, 0.1) is 6.10 Å². The maximum atomic E-state index is 5.46. The van der Waals surface area contributed by atoms with Crippen LogP contribution in [0.3, 0.4) is 0 Å². The van der Waals surface area contributed by atoms with E-state index in [1.54, 1.807) is 0 Å². The molecule has 1 aliphatic heterocycles. The maximum absolute atomic E-state index is 5.46. The fraction of sp³-hybridized carbons (Fsp3) is 1.00. The third-order valence-electron chi connectivity index (χ3n) is 3.95. The Morgan fingerprint density at radius 1 is 1.50 bits per heavy atom. The number of likely N-dealkylation sites (tertiary alicyclic amines) is 1. The van der Waals surface area contributed by atoms with Gasteiger partial charge in [0.1, 0.15) is 0 Å². The first-order chi connectivity index (χ1) is 7.71. The monoisotopic (exact) mass is 228 g/mol. The summed E-state index contributed by atoms with van der Waals surface area (Å²) in [6.07, 6.45) is 4.19. The number of hydrogen-bond acceptors (Lipinski definition) is 3. The molecule has 3 atom stereocenters. The smallest absolute Gasteiger partial charge is 0.0698 e. The number of ether oxygens (including phenoxy) is 1. The number of piperidine rings is 1. The highest BCUT2D eigenvalue weighted by molar-refractivity contribution is 4.80. The normalized spacial score (nSPS) is 26.6. The lowest BCUT2D eigenvalue weighted by molar-refractivity contribution is 0.0261. The third-order valence-corrected chi connectivity index (χ3v) is 3.95. The van der Waals surface area contributed by atoms with E-state index in [-0.39, 0.29) is 0 Å². The summed E-state index contributed by atoms with van der Waals surface area (Å²) in [7, 11) is 3.91. The van der Waals surface area contributed by atoms with Gasteiger partial charge in [0, 0.05) is 26.2 Å². The zero-order chi connectivity index (χ0) is 12.0. The summed E-state index contributed by atoms with van der Waals surface area (Å²) in [5.74, 6) is 0.743. The molecule has 1 heterocycles. The Labute approximate surface area is 101 Å². The minimum Gasteiger partial charge on any atom is -0.380 e. The number of methoxy groups -OCH3 is 1. The molecule has 1 rings (SSSR count). The molecule has 3 unspecified atom stereocenters. The Hall–Kier alpha value is -0.120. The summed E-state index contributed by atoms with van der Waals surface area (Å²) < 4.78 is 5.46. The lowest BCUT2D eigenvalue weighted by Crippen LogP contribution is -2.48. The number of hydrogen-bond donors (Lipinski definition) is 1. The molecule has 3 heteroatoms. The van der Waals surface area contributed by atoms with E-state index in [9.17, 15) is 0 Å². The van der Waals surface area contributed by atoms with Crippen LogP contribution in [0.4, 0.5) is 0 Å². The van der Waals surface area contributed by atoms with Crippen LogP contribution >= 0.6 is 0 Å². The van der Waals surface area contributed by atoms with Crippen molar-refractivity contribution in [3.05, 3.63) is 0 Å². The molecule has 0 bridgehead atoms. The zero-order valence-corrected chi connectivity index (χ0v) is 11.3. The first-order valence-corrected chi connectivity index (χ1v) is 6.63. The fourth-order valence-electron chi connectivity index (χ4n) is 2.49. The van der Waals surface area contributed by atoms with E-state index in [1.165, 1.54) is 25.8 Å². The van der Waals surface area contributed by atoms with E-state index in [0.717, 1.165) is 19.0 Å². The standard InChI is InChI=1S/C13H28N2O/c1-5-11(2)13(14-3)10-15-8-6-7-12(9-15)16-4/h11-14H,5-10H2,1-4H3. The van der Waals surface area contributed by atoms with E-state index in [4.69, 9.17) is 4.74 Å². The van der Waals surface area contributed by atoms with Crippen LogP contribution in [0.25, 0.3) is 0 Å². The van der Waals surface area contributed by atoms with E-state index in [0.29, 0.717) is 12.1 Å². The van der Waals surface area contributed by atoms with Crippen molar-refractivity contribution in [1.29, 1.82) is 0 Å². The molecule has 3 nitrogen and oxygen atoms in total. The van der Waals surface area contributed by atoms with Gasteiger partial charge in [-0.05, 0) is 32.4 Å². The van der Waals surface area contributed by atoms with Gasteiger partial charge >= 0.3 is 0 Å². The van der Waals surface area contributed by atoms with E-state index in [1.807, 2.05) is 7.11 Å². The molecule has 1 aliphatic rings. The highest BCUT2D eigenvalue weighted by atomic mass is 16.5. The van der Waals surface area contributed by atoms with Crippen LogP contribution in [-0.2, 0) is 4.74 Å². The van der Waals surface area contributed by atoms with Crippen molar-refractivity contribution in [1.82, 2.24) is 10.2 Å². The summed E-state index contributed by atoms with van der Waals surface area (Å²) >= 11 is 0. The molecule has 1 saturated heterocycles. The summed E-state index contributed by atoms with van der Waals surface area (Å²) in [5.41, 5.74) is 0. The van der Waals surface area contributed by atoms with Crippen molar-refractivity contribution in [2.45, 2.75) is 45.3 Å².